The average Bonchev–Trinajstić information content (AvgIpc) is 3.12. The van der Waals surface area contributed by atoms with Gasteiger partial charge in [0.15, 0.2) is 0 Å². The summed E-state index contributed by atoms with van der Waals surface area (Å²) in [5.74, 6) is 0. The number of hydrogen-bond donors (Lipinski definition) is 0. The molecule has 0 spiro atoms. The van der Waals surface area contributed by atoms with Gasteiger partial charge in [-0.25, -0.2) is 9.59 Å². The van der Waals surface area contributed by atoms with Crippen molar-refractivity contribution >= 4 is 12.2 Å². The Kier molecular flexibility index (Phi) is 13.7. The molecule has 2 aliphatic heterocycles. The molecule has 0 radical (unpaired) electrons. The molecule has 48 heavy (non-hydrogen) atoms. The molecule has 0 saturated carbocycles. The van der Waals surface area contributed by atoms with Gasteiger partial charge in [-0.05, 0) is 24.0 Å². The van der Waals surface area contributed by atoms with Crippen LogP contribution in [0, 0.1) is 0 Å². The number of ether oxygens (including phenoxy) is 2. The van der Waals surface area contributed by atoms with Crippen LogP contribution in [0.15, 0.2) is 60.7 Å². The molecule has 5 rings (SSSR count). The van der Waals surface area contributed by atoms with Gasteiger partial charge in [0, 0.05) is 24.9 Å². The van der Waals surface area contributed by atoms with E-state index in [0.29, 0.717) is 25.9 Å². The van der Waals surface area contributed by atoms with Crippen LogP contribution in [-0.4, -0.2) is 44.0 Å². The first-order valence-electron chi connectivity index (χ1n) is 18.4. The van der Waals surface area contributed by atoms with Crippen LogP contribution in [0.25, 0.3) is 0 Å². The fraction of sp³-hybridized carbons (Fsp3) is 0.550. The topological polar surface area (TPSA) is 84.9 Å². The molecule has 3 heterocycles. The van der Waals surface area contributed by atoms with E-state index in [-0.39, 0.29) is 37.5 Å². The first kappa shape index (κ1) is 35.4. The molecule has 258 valence electrons. The Morgan fingerprint density at radius 1 is 0.583 bits per heavy atom. The molecule has 0 fully saturated rings. The number of rotatable bonds is 16. The van der Waals surface area contributed by atoms with Crippen LogP contribution < -0.4 is 0 Å². The van der Waals surface area contributed by atoms with E-state index in [9.17, 15) is 9.59 Å². The fourth-order valence-corrected chi connectivity index (χ4v) is 6.93. The normalized spacial score (nSPS) is 17.0. The van der Waals surface area contributed by atoms with Crippen molar-refractivity contribution in [2.45, 2.75) is 142 Å². The van der Waals surface area contributed by atoms with E-state index in [1.54, 1.807) is 0 Å². The molecule has 0 unspecified atom stereocenters. The largest absolute Gasteiger partial charge is 0.445 e. The van der Waals surface area contributed by atoms with Crippen molar-refractivity contribution in [1.82, 2.24) is 19.8 Å². The zero-order chi connectivity index (χ0) is 33.6. The molecule has 2 amide bonds. The molecular formula is C40H54N4O4. The summed E-state index contributed by atoms with van der Waals surface area (Å²) >= 11 is 0. The lowest BCUT2D eigenvalue weighted by atomic mass is 9.94. The minimum absolute atomic E-state index is 0.00107. The second-order valence-electron chi connectivity index (χ2n) is 13.5. The molecule has 0 bridgehead atoms. The second-order valence-corrected chi connectivity index (χ2v) is 13.5. The fourth-order valence-electron chi connectivity index (χ4n) is 6.93. The summed E-state index contributed by atoms with van der Waals surface area (Å²) in [5, 5.41) is 0. The van der Waals surface area contributed by atoms with Gasteiger partial charge in [-0.2, -0.15) is 0 Å². The molecule has 1 aromatic heterocycles. The Labute approximate surface area is 287 Å². The van der Waals surface area contributed by atoms with Crippen LogP contribution in [0.4, 0.5) is 9.59 Å². The Hall–Kier alpha value is -3.94. The number of unbranched alkanes of at least 4 members (excludes halogenated alkanes) is 8. The number of benzene rings is 2. The van der Waals surface area contributed by atoms with Gasteiger partial charge >= 0.3 is 12.2 Å². The van der Waals surface area contributed by atoms with Crippen LogP contribution in [0.2, 0.25) is 0 Å². The third kappa shape index (κ3) is 10.0. The van der Waals surface area contributed by atoms with Crippen LogP contribution in [0.5, 0.6) is 0 Å². The second kappa shape index (κ2) is 18.6. The van der Waals surface area contributed by atoms with Crippen LogP contribution in [0.3, 0.4) is 0 Å². The minimum Gasteiger partial charge on any atom is -0.445 e. The van der Waals surface area contributed by atoms with Crippen molar-refractivity contribution in [2.75, 3.05) is 0 Å². The summed E-state index contributed by atoms with van der Waals surface area (Å²) in [6.07, 6.45) is 14.2. The number of amides is 2. The average molecular weight is 655 g/mol. The molecule has 8 heteroatoms. The SMILES string of the molecule is CCCCCCC[C@@H]1Cc2nc3c(nc2CN1C(=O)OCc1ccccc1)C[C@@H](CCCCCCC)N(C(=O)OCc1ccccc1)C3. The predicted octanol–water partition coefficient (Wildman–Crippen LogP) is 9.32. The van der Waals surface area contributed by atoms with Crippen LogP contribution >= 0.6 is 0 Å². The highest BCUT2D eigenvalue weighted by Crippen LogP contribution is 2.31. The first-order valence-corrected chi connectivity index (χ1v) is 18.4. The Bertz CT molecular complexity index is 1320. The maximum Gasteiger partial charge on any atom is 0.410 e. The van der Waals surface area contributed by atoms with Crippen molar-refractivity contribution in [3.63, 3.8) is 0 Å². The maximum atomic E-state index is 13.5. The summed E-state index contributed by atoms with van der Waals surface area (Å²) < 4.78 is 11.7. The molecule has 8 nitrogen and oxygen atoms in total. The molecule has 2 atom stereocenters. The molecular weight excluding hydrogens is 600 g/mol. The van der Waals surface area contributed by atoms with E-state index in [0.717, 1.165) is 72.4 Å². The number of aromatic nitrogens is 2. The van der Waals surface area contributed by atoms with Gasteiger partial charge in [-0.3, -0.25) is 19.8 Å². The third-order valence-corrected chi connectivity index (χ3v) is 9.75. The monoisotopic (exact) mass is 654 g/mol. The number of nitrogens with zero attached hydrogens (tertiary/aromatic N) is 4. The zero-order valence-corrected chi connectivity index (χ0v) is 29.1. The lowest BCUT2D eigenvalue weighted by Gasteiger charge is -2.38. The molecule has 0 aliphatic carbocycles. The summed E-state index contributed by atoms with van der Waals surface area (Å²) in [4.78, 5) is 41.2. The highest BCUT2D eigenvalue weighted by molar-refractivity contribution is 5.69. The first-order chi connectivity index (χ1) is 23.6. The minimum atomic E-state index is -0.292. The number of carbonyl (C=O) groups is 2. The van der Waals surface area contributed by atoms with Gasteiger partial charge in [0.25, 0.3) is 0 Å². The summed E-state index contributed by atoms with van der Waals surface area (Å²) in [5.41, 5.74) is 5.54. The number of fused-ring (bicyclic) bond motifs is 2. The van der Waals surface area contributed by atoms with Crippen molar-refractivity contribution in [2.24, 2.45) is 0 Å². The summed E-state index contributed by atoms with van der Waals surface area (Å²) in [6, 6.07) is 19.7. The van der Waals surface area contributed by atoms with Crippen LogP contribution in [-0.2, 0) is 48.6 Å². The van der Waals surface area contributed by atoms with E-state index in [1.807, 2.05) is 70.5 Å². The van der Waals surface area contributed by atoms with Gasteiger partial charge in [-0.1, -0.05) is 139 Å². The molecule has 0 saturated heterocycles. The van der Waals surface area contributed by atoms with E-state index >= 15 is 0 Å². The van der Waals surface area contributed by atoms with Crippen molar-refractivity contribution in [1.29, 1.82) is 0 Å². The van der Waals surface area contributed by atoms with E-state index in [4.69, 9.17) is 19.4 Å². The van der Waals surface area contributed by atoms with Gasteiger partial charge in [0.05, 0.1) is 35.9 Å². The third-order valence-electron chi connectivity index (χ3n) is 9.75. The van der Waals surface area contributed by atoms with Crippen LogP contribution in [0.1, 0.15) is 125 Å². The Morgan fingerprint density at radius 3 is 1.38 bits per heavy atom. The van der Waals surface area contributed by atoms with E-state index in [1.165, 1.54) is 38.5 Å². The highest BCUT2D eigenvalue weighted by atomic mass is 16.6. The van der Waals surface area contributed by atoms with Gasteiger partial charge in [-0.15, -0.1) is 0 Å². The van der Waals surface area contributed by atoms with Crippen molar-refractivity contribution < 1.29 is 19.1 Å². The van der Waals surface area contributed by atoms with Gasteiger partial charge in [0.1, 0.15) is 13.2 Å². The standard InChI is InChI=1S/C40H54N4O4/c1-3-5-7-9-17-23-33-25-35-37(27-43(33)39(45)47-29-31-19-13-11-14-20-31)42-36-26-34(24-18-10-8-6-4-2)44(28-38(36)41-35)40(46)48-30-32-21-15-12-16-22-32/h11-16,19-22,33-34H,3-10,17-18,23-30H2,1-2H3/t33-,34-/m1/s1. The summed E-state index contributed by atoms with van der Waals surface area (Å²) in [6.45, 7) is 5.74. The zero-order valence-electron chi connectivity index (χ0n) is 29.1. The quantitative estimate of drug-likeness (QED) is 0.143. The molecule has 2 aromatic carbocycles. The van der Waals surface area contributed by atoms with Gasteiger partial charge < -0.3 is 9.47 Å². The summed E-state index contributed by atoms with van der Waals surface area (Å²) in [7, 11) is 0. The molecule has 0 N–H and O–H groups in total. The Balaban J connectivity index is 1.32. The van der Waals surface area contributed by atoms with E-state index in [2.05, 4.69) is 13.8 Å². The lowest BCUT2D eigenvalue weighted by molar-refractivity contribution is 0.0655. The number of carbonyl (C=O) groups excluding carboxylic acids is 2. The molecule has 2 aliphatic rings. The maximum absolute atomic E-state index is 13.5. The van der Waals surface area contributed by atoms with E-state index < -0.39 is 0 Å². The Morgan fingerprint density at radius 2 is 0.979 bits per heavy atom. The predicted molar refractivity (Wildman–Crippen MR) is 188 cm³/mol. The highest BCUT2D eigenvalue weighted by Gasteiger charge is 2.37. The van der Waals surface area contributed by atoms with Gasteiger partial charge in [0.2, 0.25) is 0 Å². The lowest BCUT2D eigenvalue weighted by Crippen LogP contribution is -2.47. The smallest absolute Gasteiger partial charge is 0.410 e. The molecule has 3 aromatic rings. The number of hydrogen-bond acceptors (Lipinski definition) is 6. The van der Waals surface area contributed by atoms with Crippen molar-refractivity contribution in [3.05, 3.63) is 94.6 Å². The van der Waals surface area contributed by atoms with Crippen molar-refractivity contribution in [3.8, 4) is 0 Å².